The number of fused-ring (bicyclic) bond motifs is 1. The molecule has 1 aromatic carbocycles. The molecule has 3 rings (SSSR count). The summed E-state index contributed by atoms with van der Waals surface area (Å²) in [6.07, 6.45) is 2.03. The molecule has 1 saturated carbocycles. The van der Waals surface area contributed by atoms with Gasteiger partial charge < -0.3 is 15.3 Å². The fourth-order valence-corrected chi connectivity index (χ4v) is 4.01. The highest BCUT2D eigenvalue weighted by molar-refractivity contribution is 6.31. The van der Waals surface area contributed by atoms with Gasteiger partial charge in [0.05, 0.1) is 6.10 Å². The van der Waals surface area contributed by atoms with Crippen LogP contribution in [0, 0.1) is 11.8 Å². The second-order valence-electron chi connectivity index (χ2n) is 6.19. The highest BCUT2D eigenvalue weighted by Crippen LogP contribution is 2.40. The Morgan fingerprint density at radius 3 is 2.80 bits per heavy atom. The minimum atomic E-state index is -0.107. The third-order valence-electron chi connectivity index (χ3n) is 5.07. The molecule has 110 valence electrons. The highest BCUT2D eigenvalue weighted by atomic mass is 35.5. The predicted octanol–water partition coefficient (Wildman–Crippen LogP) is 2.83. The van der Waals surface area contributed by atoms with Crippen molar-refractivity contribution in [2.45, 2.75) is 31.9 Å². The van der Waals surface area contributed by atoms with Crippen molar-refractivity contribution in [2.75, 3.05) is 25.0 Å². The van der Waals surface area contributed by atoms with E-state index in [1.165, 1.54) is 5.69 Å². The largest absolute Gasteiger partial charge is 0.393 e. The van der Waals surface area contributed by atoms with Crippen LogP contribution in [0.4, 0.5) is 5.69 Å². The lowest BCUT2D eigenvalue weighted by Crippen LogP contribution is -2.24. The van der Waals surface area contributed by atoms with E-state index in [2.05, 4.69) is 35.3 Å². The second-order valence-corrected chi connectivity index (χ2v) is 6.60. The van der Waals surface area contributed by atoms with Crippen LogP contribution < -0.4 is 10.2 Å². The molecule has 0 amide bonds. The molecule has 20 heavy (non-hydrogen) atoms. The summed E-state index contributed by atoms with van der Waals surface area (Å²) in [6.45, 7) is 4.12. The minimum absolute atomic E-state index is 0.107. The minimum Gasteiger partial charge on any atom is -0.393 e. The number of aliphatic hydroxyl groups is 1. The van der Waals surface area contributed by atoms with Crippen molar-refractivity contribution in [3.63, 3.8) is 0 Å². The summed E-state index contributed by atoms with van der Waals surface area (Å²) in [5.41, 5.74) is 2.32. The molecule has 0 bridgehead atoms. The van der Waals surface area contributed by atoms with Crippen molar-refractivity contribution in [2.24, 2.45) is 11.8 Å². The average molecular weight is 295 g/mol. The maximum Gasteiger partial charge on any atom is 0.0588 e. The summed E-state index contributed by atoms with van der Waals surface area (Å²) in [5.74, 6) is 1.10. The summed E-state index contributed by atoms with van der Waals surface area (Å²) in [7, 11) is 1.94. The van der Waals surface area contributed by atoms with Crippen molar-refractivity contribution in [3.05, 3.63) is 28.8 Å². The number of halogens is 1. The smallest absolute Gasteiger partial charge is 0.0588 e. The predicted molar refractivity (Wildman–Crippen MR) is 83.4 cm³/mol. The molecule has 1 heterocycles. The summed E-state index contributed by atoms with van der Waals surface area (Å²) in [4.78, 5) is 2.37. The Labute approximate surface area is 125 Å². The van der Waals surface area contributed by atoms with Crippen LogP contribution in [0.25, 0.3) is 0 Å². The van der Waals surface area contributed by atoms with Gasteiger partial charge in [-0.05, 0) is 50.4 Å². The van der Waals surface area contributed by atoms with Crippen LogP contribution in [0.3, 0.4) is 0 Å². The molecule has 4 atom stereocenters. The lowest BCUT2D eigenvalue weighted by Gasteiger charge is -2.22. The van der Waals surface area contributed by atoms with Gasteiger partial charge in [-0.25, -0.2) is 0 Å². The van der Waals surface area contributed by atoms with E-state index < -0.39 is 0 Å². The van der Waals surface area contributed by atoms with Crippen LogP contribution in [0.2, 0.25) is 5.02 Å². The van der Waals surface area contributed by atoms with Crippen molar-refractivity contribution in [3.8, 4) is 0 Å². The zero-order valence-electron chi connectivity index (χ0n) is 12.1. The van der Waals surface area contributed by atoms with E-state index in [9.17, 15) is 5.11 Å². The molecule has 4 unspecified atom stereocenters. The molecule has 4 heteroatoms. The maximum absolute atomic E-state index is 10.0. The van der Waals surface area contributed by atoms with Crippen LogP contribution in [0.15, 0.2) is 18.2 Å². The summed E-state index contributed by atoms with van der Waals surface area (Å²) >= 11 is 6.41. The van der Waals surface area contributed by atoms with Crippen molar-refractivity contribution < 1.29 is 5.11 Å². The van der Waals surface area contributed by atoms with E-state index in [1.54, 1.807) is 0 Å². The SMILES string of the molecule is CNC(C)c1ccc(N2CC3CCC(O)C3C2)cc1Cl. The Morgan fingerprint density at radius 2 is 2.15 bits per heavy atom. The van der Waals surface area contributed by atoms with Gasteiger partial charge in [0.1, 0.15) is 0 Å². The summed E-state index contributed by atoms with van der Waals surface area (Å²) in [5, 5.41) is 14.0. The van der Waals surface area contributed by atoms with Crippen LogP contribution in [0.1, 0.15) is 31.4 Å². The third kappa shape index (κ3) is 2.43. The molecule has 1 aliphatic heterocycles. The number of aliphatic hydroxyl groups excluding tert-OH is 1. The molecule has 2 N–H and O–H groups in total. The first kappa shape index (κ1) is 14.2. The molecule has 0 radical (unpaired) electrons. The molecular weight excluding hydrogens is 272 g/mol. The Morgan fingerprint density at radius 1 is 1.35 bits per heavy atom. The van der Waals surface area contributed by atoms with E-state index in [-0.39, 0.29) is 12.1 Å². The fourth-order valence-electron chi connectivity index (χ4n) is 3.67. The van der Waals surface area contributed by atoms with E-state index in [4.69, 9.17) is 11.6 Å². The first-order valence-electron chi connectivity index (χ1n) is 7.50. The van der Waals surface area contributed by atoms with Gasteiger partial charge in [-0.1, -0.05) is 17.7 Å². The normalized spacial score (nSPS) is 30.6. The number of benzene rings is 1. The van der Waals surface area contributed by atoms with Crippen molar-refractivity contribution in [1.29, 1.82) is 0 Å². The Balaban J connectivity index is 1.77. The van der Waals surface area contributed by atoms with Gasteiger partial charge in [0.2, 0.25) is 0 Å². The third-order valence-corrected chi connectivity index (χ3v) is 5.40. The Hall–Kier alpha value is -0.770. The standard InChI is InChI=1S/C16H23ClN2O/c1-10(18-2)13-5-4-12(7-15(13)17)19-8-11-3-6-16(20)14(11)9-19/h4-5,7,10-11,14,16,18,20H,3,6,8-9H2,1-2H3. The summed E-state index contributed by atoms with van der Waals surface area (Å²) < 4.78 is 0. The molecule has 2 fully saturated rings. The monoisotopic (exact) mass is 294 g/mol. The number of nitrogens with zero attached hydrogens (tertiary/aromatic N) is 1. The highest BCUT2D eigenvalue weighted by Gasteiger charge is 2.41. The van der Waals surface area contributed by atoms with E-state index in [0.717, 1.165) is 36.5 Å². The fraction of sp³-hybridized carbons (Fsp3) is 0.625. The Kier molecular flexibility index (Phi) is 3.93. The lowest BCUT2D eigenvalue weighted by atomic mass is 10.00. The Bertz CT molecular complexity index is 493. The average Bonchev–Trinajstić information content (AvgIpc) is 3.00. The van der Waals surface area contributed by atoms with Crippen molar-refractivity contribution in [1.82, 2.24) is 5.32 Å². The zero-order chi connectivity index (χ0) is 14.3. The number of hydrogen-bond donors (Lipinski definition) is 2. The van der Waals surface area contributed by atoms with Gasteiger partial charge >= 0.3 is 0 Å². The van der Waals surface area contributed by atoms with Gasteiger partial charge in [-0.2, -0.15) is 0 Å². The molecule has 1 saturated heterocycles. The molecule has 2 aliphatic rings. The molecular formula is C16H23ClN2O. The summed E-state index contributed by atoms with van der Waals surface area (Å²) in [6, 6.07) is 6.60. The lowest BCUT2D eigenvalue weighted by molar-refractivity contribution is 0.133. The van der Waals surface area contributed by atoms with Crippen LogP contribution >= 0.6 is 11.6 Å². The number of anilines is 1. The quantitative estimate of drug-likeness (QED) is 0.900. The first-order valence-corrected chi connectivity index (χ1v) is 7.87. The van der Waals surface area contributed by atoms with Gasteiger partial charge in [0.15, 0.2) is 0 Å². The van der Waals surface area contributed by atoms with Gasteiger partial charge in [-0.15, -0.1) is 0 Å². The van der Waals surface area contributed by atoms with Crippen molar-refractivity contribution >= 4 is 17.3 Å². The second kappa shape index (κ2) is 5.55. The first-order chi connectivity index (χ1) is 9.60. The molecule has 0 aromatic heterocycles. The number of hydrogen-bond acceptors (Lipinski definition) is 3. The topological polar surface area (TPSA) is 35.5 Å². The number of rotatable bonds is 3. The molecule has 1 aromatic rings. The van der Waals surface area contributed by atoms with Crippen LogP contribution in [0.5, 0.6) is 0 Å². The molecule has 0 spiro atoms. The van der Waals surface area contributed by atoms with Gasteiger partial charge in [-0.3, -0.25) is 0 Å². The van der Waals surface area contributed by atoms with E-state index in [1.807, 2.05) is 7.05 Å². The van der Waals surface area contributed by atoms with Gasteiger partial charge in [0.25, 0.3) is 0 Å². The molecule has 1 aliphatic carbocycles. The van der Waals surface area contributed by atoms with Crippen LogP contribution in [-0.4, -0.2) is 31.3 Å². The molecule has 3 nitrogen and oxygen atoms in total. The zero-order valence-corrected chi connectivity index (χ0v) is 12.9. The maximum atomic E-state index is 10.0. The number of nitrogens with one attached hydrogen (secondary N) is 1. The van der Waals surface area contributed by atoms with Gasteiger partial charge in [0, 0.05) is 35.8 Å². The van der Waals surface area contributed by atoms with Crippen LogP contribution in [-0.2, 0) is 0 Å². The van der Waals surface area contributed by atoms with E-state index in [0.29, 0.717) is 11.8 Å². The van der Waals surface area contributed by atoms with E-state index >= 15 is 0 Å².